The summed E-state index contributed by atoms with van der Waals surface area (Å²) in [7, 11) is 2.10. The predicted octanol–water partition coefficient (Wildman–Crippen LogP) is 2.93. The zero-order valence-corrected chi connectivity index (χ0v) is 13.6. The van der Waals surface area contributed by atoms with E-state index in [1.165, 1.54) is 4.88 Å². The van der Waals surface area contributed by atoms with E-state index in [4.69, 9.17) is 0 Å². The van der Waals surface area contributed by atoms with Gasteiger partial charge in [-0.25, -0.2) is 9.97 Å². The molecule has 2 aromatic heterocycles. The number of rotatable bonds is 2. The number of anilines is 1. The number of carbonyl (C=O) groups is 1. The largest absolute Gasteiger partial charge is 0.301 e. The maximum Gasteiger partial charge on any atom is 0.276 e. The van der Waals surface area contributed by atoms with Gasteiger partial charge in [-0.15, -0.1) is 11.3 Å². The first-order valence-electron chi connectivity index (χ1n) is 7.53. The van der Waals surface area contributed by atoms with E-state index in [-0.39, 0.29) is 5.91 Å². The number of hydrogen-bond donors (Lipinski definition) is 1. The number of benzene rings is 1. The summed E-state index contributed by atoms with van der Waals surface area (Å²) < 4.78 is 0. The molecule has 0 unspecified atom stereocenters. The van der Waals surface area contributed by atoms with Crippen molar-refractivity contribution in [1.82, 2.24) is 14.9 Å². The third-order valence-corrected chi connectivity index (χ3v) is 4.97. The van der Waals surface area contributed by atoms with Crippen molar-refractivity contribution in [3.8, 4) is 0 Å². The van der Waals surface area contributed by atoms with Gasteiger partial charge >= 0.3 is 0 Å². The summed E-state index contributed by atoms with van der Waals surface area (Å²) in [6.45, 7) is 1.91. The smallest absolute Gasteiger partial charge is 0.276 e. The van der Waals surface area contributed by atoms with E-state index >= 15 is 0 Å². The molecule has 4 rings (SSSR count). The van der Waals surface area contributed by atoms with Crippen LogP contribution in [0, 0.1) is 0 Å². The molecule has 0 atom stereocenters. The minimum atomic E-state index is -0.213. The first-order chi connectivity index (χ1) is 11.2. The summed E-state index contributed by atoms with van der Waals surface area (Å²) in [4.78, 5) is 24.9. The standard InChI is InChI=1S/C17H16N4OS/c1-21-9-8-13-15(10-21)23-17(19-13)20-16(22)14-7-6-11-4-2-3-5-12(11)18-14/h2-7H,8-10H2,1H3,(H,19,20,22). The van der Waals surface area contributed by atoms with Crippen LogP contribution in [-0.4, -0.2) is 34.4 Å². The highest BCUT2D eigenvalue weighted by molar-refractivity contribution is 7.15. The van der Waals surface area contributed by atoms with Gasteiger partial charge in [0, 0.05) is 29.8 Å². The van der Waals surface area contributed by atoms with E-state index in [0.717, 1.165) is 36.1 Å². The van der Waals surface area contributed by atoms with Crippen LogP contribution in [0.2, 0.25) is 0 Å². The average Bonchev–Trinajstić information content (AvgIpc) is 2.95. The van der Waals surface area contributed by atoms with Gasteiger partial charge in [-0.3, -0.25) is 10.1 Å². The van der Waals surface area contributed by atoms with Crippen LogP contribution in [0.4, 0.5) is 5.13 Å². The molecule has 1 aromatic carbocycles. The van der Waals surface area contributed by atoms with Gasteiger partial charge in [0.25, 0.3) is 5.91 Å². The molecule has 0 spiro atoms. The molecule has 1 amide bonds. The summed E-state index contributed by atoms with van der Waals surface area (Å²) in [5.74, 6) is -0.213. The zero-order chi connectivity index (χ0) is 15.8. The molecular weight excluding hydrogens is 308 g/mol. The van der Waals surface area contributed by atoms with E-state index in [2.05, 4.69) is 27.2 Å². The van der Waals surface area contributed by atoms with E-state index in [1.807, 2.05) is 30.3 Å². The van der Waals surface area contributed by atoms with E-state index in [0.29, 0.717) is 10.8 Å². The second-order valence-electron chi connectivity index (χ2n) is 5.72. The number of nitrogens with zero attached hydrogens (tertiary/aromatic N) is 3. The van der Waals surface area contributed by atoms with Crippen molar-refractivity contribution in [1.29, 1.82) is 0 Å². The van der Waals surface area contributed by atoms with Crippen LogP contribution >= 0.6 is 11.3 Å². The van der Waals surface area contributed by atoms with Crippen LogP contribution in [-0.2, 0) is 13.0 Å². The van der Waals surface area contributed by atoms with Crippen molar-refractivity contribution in [3.63, 3.8) is 0 Å². The molecule has 0 saturated heterocycles. The molecule has 0 saturated carbocycles. The minimum Gasteiger partial charge on any atom is -0.301 e. The van der Waals surface area contributed by atoms with E-state index in [1.54, 1.807) is 17.4 Å². The van der Waals surface area contributed by atoms with Gasteiger partial charge < -0.3 is 4.90 Å². The quantitative estimate of drug-likeness (QED) is 0.787. The lowest BCUT2D eigenvalue weighted by Crippen LogP contribution is -2.25. The molecule has 0 radical (unpaired) electrons. The molecule has 1 N–H and O–H groups in total. The van der Waals surface area contributed by atoms with Crippen molar-refractivity contribution in [2.75, 3.05) is 18.9 Å². The molecule has 1 aliphatic rings. The van der Waals surface area contributed by atoms with E-state index in [9.17, 15) is 4.79 Å². The van der Waals surface area contributed by atoms with Gasteiger partial charge in [0.15, 0.2) is 5.13 Å². The highest BCUT2D eigenvalue weighted by Gasteiger charge is 2.19. The molecule has 5 nitrogen and oxygen atoms in total. The molecule has 23 heavy (non-hydrogen) atoms. The number of hydrogen-bond acceptors (Lipinski definition) is 5. The second-order valence-corrected chi connectivity index (χ2v) is 6.80. The lowest BCUT2D eigenvalue weighted by molar-refractivity contribution is 0.102. The van der Waals surface area contributed by atoms with Crippen LogP contribution in [0.1, 0.15) is 21.1 Å². The van der Waals surface area contributed by atoms with Gasteiger partial charge in [-0.1, -0.05) is 24.3 Å². The van der Waals surface area contributed by atoms with Crippen LogP contribution in [0.25, 0.3) is 10.9 Å². The summed E-state index contributed by atoms with van der Waals surface area (Å²) in [6.07, 6.45) is 0.937. The summed E-state index contributed by atoms with van der Waals surface area (Å²) in [5.41, 5.74) is 2.34. The fraction of sp³-hybridized carbons (Fsp3) is 0.235. The molecule has 1 aliphatic heterocycles. The Labute approximate surface area is 138 Å². The van der Waals surface area contributed by atoms with Gasteiger partial charge in [0.1, 0.15) is 5.69 Å². The van der Waals surface area contributed by atoms with Crippen molar-refractivity contribution < 1.29 is 4.79 Å². The maximum atomic E-state index is 12.4. The van der Waals surface area contributed by atoms with Gasteiger partial charge in [0.05, 0.1) is 11.2 Å². The Hall–Kier alpha value is -2.31. The summed E-state index contributed by atoms with van der Waals surface area (Å²) in [6, 6.07) is 11.4. The second kappa shape index (κ2) is 5.72. The number of nitrogens with one attached hydrogen (secondary N) is 1. The van der Waals surface area contributed by atoms with E-state index < -0.39 is 0 Å². The number of likely N-dealkylation sites (N-methyl/N-ethyl adjacent to an activating group) is 1. The molecule has 3 aromatic rings. The molecular formula is C17H16N4OS. The number of aromatic nitrogens is 2. The topological polar surface area (TPSA) is 58.1 Å². The first kappa shape index (κ1) is 14.3. The third-order valence-electron chi connectivity index (χ3n) is 3.97. The number of carbonyl (C=O) groups excluding carboxylic acids is 1. The zero-order valence-electron chi connectivity index (χ0n) is 12.7. The Morgan fingerprint density at radius 1 is 1.22 bits per heavy atom. The Morgan fingerprint density at radius 3 is 3.00 bits per heavy atom. The molecule has 0 bridgehead atoms. The monoisotopic (exact) mass is 324 g/mol. The van der Waals surface area contributed by atoms with Gasteiger partial charge in [-0.05, 0) is 19.2 Å². The molecule has 116 valence electrons. The van der Waals surface area contributed by atoms with Crippen LogP contribution < -0.4 is 5.32 Å². The molecule has 6 heteroatoms. The number of amides is 1. The van der Waals surface area contributed by atoms with Crippen LogP contribution in [0.5, 0.6) is 0 Å². The lowest BCUT2D eigenvalue weighted by Gasteiger charge is -2.20. The number of para-hydroxylation sites is 1. The Bertz CT molecular complexity index is 889. The minimum absolute atomic E-state index is 0.213. The highest BCUT2D eigenvalue weighted by atomic mass is 32.1. The fourth-order valence-corrected chi connectivity index (χ4v) is 3.81. The number of pyridine rings is 1. The molecule has 3 heterocycles. The number of thiazole rings is 1. The summed E-state index contributed by atoms with van der Waals surface area (Å²) >= 11 is 1.55. The maximum absolute atomic E-state index is 12.4. The summed E-state index contributed by atoms with van der Waals surface area (Å²) in [5, 5.41) is 4.56. The Morgan fingerprint density at radius 2 is 2.09 bits per heavy atom. The predicted molar refractivity (Wildman–Crippen MR) is 91.8 cm³/mol. The Kier molecular flexibility index (Phi) is 3.55. The molecule has 0 aliphatic carbocycles. The molecule has 0 fully saturated rings. The van der Waals surface area contributed by atoms with Gasteiger partial charge in [0.2, 0.25) is 0 Å². The lowest BCUT2D eigenvalue weighted by atomic mass is 10.2. The SMILES string of the molecule is CN1CCc2nc(NC(=O)c3ccc4ccccc4n3)sc2C1. The third kappa shape index (κ3) is 2.83. The Balaban J connectivity index is 1.57. The number of fused-ring (bicyclic) bond motifs is 2. The van der Waals surface area contributed by atoms with Crippen LogP contribution in [0.15, 0.2) is 36.4 Å². The fourth-order valence-electron chi connectivity index (χ4n) is 2.73. The average molecular weight is 324 g/mol. The van der Waals surface area contributed by atoms with Crippen molar-refractivity contribution >= 4 is 33.3 Å². The highest BCUT2D eigenvalue weighted by Crippen LogP contribution is 2.28. The first-order valence-corrected chi connectivity index (χ1v) is 8.35. The van der Waals surface area contributed by atoms with Crippen molar-refractivity contribution in [2.45, 2.75) is 13.0 Å². The van der Waals surface area contributed by atoms with Crippen molar-refractivity contribution in [3.05, 3.63) is 52.7 Å². The van der Waals surface area contributed by atoms with Crippen LogP contribution in [0.3, 0.4) is 0 Å². The normalized spacial score (nSPS) is 14.7. The van der Waals surface area contributed by atoms with Crippen molar-refractivity contribution in [2.24, 2.45) is 0 Å². The van der Waals surface area contributed by atoms with Gasteiger partial charge in [-0.2, -0.15) is 0 Å².